The Kier molecular flexibility index (Phi) is 4.87. The van der Waals surface area contributed by atoms with Crippen LogP contribution in [0.5, 0.6) is 0 Å². The fourth-order valence-electron chi connectivity index (χ4n) is 3.80. The molecule has 0 spiro atoms. The molecule has 0 aliphatic carbocycles. The Bertz CT molecular complexity index is 1120. The van der Waals surface area contributed by atoms with Gasteiger partial charge in [0, 0.05) is 43.3 Å². The molecule has 2 aromatic carbocycles. The lowest BCUT2D eigenvalue weighted by molar-refractivity contribution is 0.249. The summed E-state index contributed by atoms with van der Waals surface area (Å²) >= 11 is 6.18. The van der Waals surface area contributed by atoms with Gasteiger partial charge >= 0.3 is 0 Å². The fourth-order valence-corrected chi connectivity index (χ4v) is 3.99. The molecule has 146 valence electrons. The predicted molar refractivity (Wildman–Crippen MR) is 114 cm³/mol. The van der Waals surface area contributed by atoms with Crippen LogP contribution in [0, 0.1) is 0 Å². The molecule has 0 N–H and O–H groups in total. The molecule has 0 radical (unpaired) electrons. The highest BCUT2D eigenvalue weighted by molar-refractivity contribution is 6.30. The first kappa shape index (κ1) is 18.1. The van der Waals surface area contributed by atoms with Gasteiger partial charge in [0.2, 0.25) is 0 Å². The molecular formula is C22H20ClN5O. The summed E-state index contributed by atoms with van der Waals surface area (Å²) in [5.41, 5.74) is 3.46. The average molecular weight is 406 g/mol. The number of piperazine rings is 1. The molecule has 6 nitrogen and oxygen atoms in total. The molecule has 29 heavy (non-hydrogen) atoms. The van der Waals surface area contributed by atoms with Gasteiger partial charge in [0.05, 0.1) is 0 Å². The van der Waals surface area contributed by atoms with E-state index in [0.717, 1.165) is 55.2 Å². The first-order valence-electron chi connectivity index (χ1n) is 9.65. The van der Waals surface area contributed by atoms with Gasteiger partial charge in [-0.3, -0.25) is 4.90 Å². The second-order valence-corrected chi connectivity index (χ2v) is 7.60. The lowest BCUT2D eigenvalue weighted by Crippen LogP contribution is -2.46. The third kappa shape index (κ3) is 3.69. The second-order valence-electron chi connectivity index (χ2n) is 7.17. The number of hydrogen-bond acceptors (Lipinski definition) is 6. The Morgan fingerprint density at radius 3 is 2.55 bits per heavy atom. The Morgan fingerprint density at radius 1 is 0.931 bits per heavy atom. The molecule has 0 amide bonds. The molecule has 5 rings (SSSR count). The van der Waals surface area contributed by atoms with E-state index in [-0.39, 0.29) is 0 Å². The normalized spacial score (nSPS) is 15.1. The van der Waals surface area contributed by atoms with Crippen molar-refractivity contribution in [1.29, 1.82) is 0 Å². The Morgan fingerprint density at radius 2 is 1.76 bits per heavy atom. The van der Waals surface area contributed by atoms with Crippen molar-refractivity contribution in [1.82, 2.24) is 20.0 Å². The van der Waals surface area contributed by atoms with E-state index in [0.29, 0.717) is 10.7 Å². The first-order chi connectivity index (χ1) is 14.3. The first-order valence-corrected chi connectivity index (χ1v) is 10.0. The summed E-state index contributed by atoms with van der Waals surface area (Å²) in [5.74, 6) is 0.866. The van der Waals surface area contributed by atoms with Crippen LogP contribution in [0.4, 0.5) is 5.82 Å². The number of halogens is 1. The Hall–Kier alpha value is -2.96. The number of benzene rings is 2. The minimum absolute atomic E-state index is 0.497. The summed E-state index contributed by atoms with van der Waals surface area (Å²) in [6, 6.07) is 18.2. The van der Waals surface area contributed by atoms with Crippen molar-refractivity contribution in [2.45, 2.75) is 6.54 Å². The molecule has 7 heteroatoms. The molecule has 0 unspecified atom stereocenters. The van der Waals surface area contributed by atoms with Crippen LogP contribution in [0.25, 0.3) is 22.4 Å². The summed E-state index contributed by atoms with van der Waals surface area (Å²) < 4.78 is 5.49. The van der Waals surface area contributed by atoms with Crippen molar-refractivity contribution in [3.8, 4) is 11.3 Å². The van der Waals surface area contributed by atoms with Crippen LogP contribution in [-0.4, -0.2) is 46.2 Å². The number of nitrogens with zero attached hydrogens (tertiary/aromatic N) is 5. The summed E-state index contributed by atoms with van der Waals surface area (Å²) in [5, 5.41) is 5.76. The van der Waals surface area contributed by atoms with Gasteiger partial charge in [0.15, 0.2) is 0 Å². The monoisotopic (exact) mass is 405 g/mol. The highest BCUT2D eigenvalue weighted by Gasteiger charge is 2.24. The van der Waals surface area contributed by atoms with E-state index in [2.05, 4.69) is 55.3 Å². The molecule has 1 aliphatic heterocycles. The fraction of sp³-hybridized carbons (Fsp3) is 0.227. The zero-order valence-corrected chi connectivity index (χ0v) is 16.6. The van der Waals surface area contributed by atoms with Gasteiger partial charge in [-0.25, -0.2) is 4.98 Å². The number of rotatable bonds is 4. The van der Waals surface area contributed by atoms with Crippen molar-refractivity contribution in [3.05, 3.63) is 71.5 Å². The third-order valence-electron chi connectivity index (χ3n) is 5.27. The minimum atomic E-state index is 0.497. The maximum atomic E-state index is 6.18. The molecule has 4 aromatic rings. The molecule has 0 atom stereocenters. The molecule has 1 saturated heterocycles. The van der Waals surface area contributed by atoms with E-state index < -0.39 is 0 Å². The quantitative estimate of drug-likeness (QED) is 0.505. The van der Waals surface area contributed by atoms with Gasteiger partial charge in [-0.05, 0) is 17.7 Å². The van der Waals surface area contributed by atoms with Crippen molar-refractivity contribution < 1.29 is 4.52 Å². The van der Waals surface area contributed by atoms with Crippen molar-refractivity contribution >= 4 is 28.5 Å². The van der Waals surface area contributed by atoms with Crippen LogP contribution < -0.4 is 4.90 Å². The number of aromatic nitrogens is 3. The van der Waals surface area contributed by atoms with Gasteiger partial charge in [-0.2, -0.15) is 4.98 Å². The molecule has 0 saturated carbocycles. The van der Waals surface area contributed by atoms with Crippen LogP contribution in [0.15, 0.2) is 65.4 Å². The second kappa shape index (κ2) is 7.81. The maximum absolute atomic E-state index is 6.18. The number of fused-ring (bicyclic) bond motifs is 1. The van der Waals surface area contributed by atoms with Gasteiger partial charge in [-0.1, -0.05) is 59.2 Å². The molecule has 0 bridgehead atoms. The third-order valence-corrected chi connectivity index (χ3v) is 5.51. The van der Waals surface area contributed by atoms with Crippen molar-refractivity contribution in [2.24, 2.45) is 0 Å². The number of hydrogen-bond donors (Lipinski definition) is 0. The van der Waals surface area contributed by atoms with E-state index in [1.165, 1.54) is 5.56 Å². The van der Waals surface area contributed by atoms with Crippen LogP contribution in [0.2, 0.25) is 5.02 Å². The molecule has 1 fully saturated rings. The van der Waals surface area contributed by atoms with Gasteiger partial charge in [0.25, 0.3) is 5.71 Å². The van der Waals surface area contributed by atoms with E-state index in [4.69, 9.17) is 16.1 Å². The van der Waals surface area contributed by atoms with Crippen LogP contribution in [0.3, 0.4) is 0 Å². The van der Waals surface area contributed by atoms with Crippen molar-refractivity contribution in [2.75, 3.05) is 31.1 Å². The highest BCUT2D eigenvalue weighted by Crippen LogP contribution is 2.34. The van der Waals surface area contributed by atoms with Crippen LogP contribution in [-0.2, 0) is 6.54 Å². The predicted octanol–water partition coefficient (Wildman–Crippen LogP) is 4.26. The van der Waals surface area contributed by atoms with E-state index >= 15 is 0 Å². The zero-order chi connectivity index (χ0) is 19.6. The van der Waals surface area contributed by atoms with Gasteiger partial charge in [0.1, 0.15) is 23.2 Å². The topological polar surface area (TPSA) is 58.3 Å². The van der Waals surface area contributed by atoms with E-state index in [1.54, 1.807) is 6.33 Å². The summed E-state index contributed by atoms with van der Waals surface area (Å²) in [6.45, 7) is 4.68. The highest BCUT2D eigenvalue weighted by atomic mass is 35.5. The largest absolute Gasteiger partial charge is 0.353 e. The van der Waals surface area contributed by atoms with E-state index in [1.807, 2.05) is 24.3 Å². The smallest absolute Gasteiger partial charge is 0.263 e. The maximum Gasteiger partial charge on any atom is 0.263 e. The molecule has 2 aromatic heterocycles. The van der Waals surface area contributed by atoms with Crippen molar-refractivity contribution in [3.63, 3.8) is 0 Å². The summed E-state index contributed by atoms with van der Waals surface area (Å²) in [7, 11) is 0. The minimum Gasteiger partial charge on any atom is -0.353 e. The average Bonchev–Trinajstić information content (AvgIpc) is 3.20. The lowest BCUT2D eigenvalue weighted by atomic mass is 10.1. The van der Waals surface area contributed by atoms with Crippen LogP contribution in [0.1, 0.15) is 5.56 Å². The zero-order valence-electron chi connectivity index (χ0n) is 15.8. The van der Waals surface area contributed by atoms with E-state index in [9.17, 15) is 0 Å². The Balaban J connectivity index is 1.40. The van der Waals surface area contributed by atoms with Gasteiger partial charge in [-0.15, -0.1) is 0 Å². The standard InChI is InChI=1S/C22H20ClN5O/c23-18-8-4-7-17(13-18)20-19-21(24-15-25-22(19)29-26-20)28-11-9-27(10-12-28)14-16-5-2-1-3-6-16/h1-8,13,15H,9-12,14H2. The summed E-state index contributed by atoms with van der Waals surface area (Å²) in [6.07, 6.45) is 1.54. The lowest BCUT2D eigenvalue weighted by Gasteiger charge is -2.35. The molecule has 1 aliphatic rings. The SMILES string of the molecule is Clc1cccc(-c2noc3ncnc(N4CCN(Cc5ccccc5)CC4)c23)c1. The molecular weight excluding hydrogens is 386 g/mol. The molecule has 3 heterocycles. The summed E-state index contributed by atoms with van der Waals surface area (Å²) in [4.78, 5) is 13.6. The Labute approximate surface area is 173 Å². The van der Waals surface area contributed by atoms with Crippen LogP contribution >= 0.6 is 11.6 Å². The number of anilines is 1. The van der Waals surface area contributed by atoms with Gasteiger partial charge < -0.3 is 9.42 Å².